The molecule has 1 fully saturated rings. The molecule has 3 heteroatoms. The first-order chi connectivity index (χ1) is 28.0. The van der Waals surface area contributed by atoms with E-state index in [1.807, 2.05) is 0 Å². The minimum absolute atomic E-state index is 0. The number of allylic oxidation sites excluding steroid dienone is 2. The van der Waals surface area contributed by atoms with Crippen LogP contribution < -0.4 is 24.8 Å². The minimum atomic E-state index is -3.17. The molecule has 3 aliphatic rings. The molecule has 0 nitrogen and oxygen atoms in total. The maximum Gasteiger partial charge on any atom is -1.00 e. The molecule has 0 radical (unpaired) electrons. The van der Waals surface area contributed by atoms with E-state index in [-0.39, 0.29) is 24.8 Å². The van der Waals surface area contributed by atoms with Gasteiger partial charge < -0.3 is 24.8 Å². The van der Waals surface area contributed by atoms with E-state index in [1.165, 1.54) is 73.6 Å². The normalized spacial score (nSPS) is 18.2. The van der Waals surface area contributed by atoms with Crippen LogP contribution in [0.5, 0.6) is 0 Å². The van der Waals surface area contributed by atoms with Crippen LogP contribution in [0.15, 0.2) is 169 Å². The van der Waals surface area contributed by atoms with Crippen LogP contribution in [-0.4, -0.2) is 0 Å². The molecule has 0 N–H and O–H groups in total. The monoisotopic (exact) mass is 882 g/mol. The summed E-state index contributed by atoms with van der Waals surface area (Å²) in [4.78, 5) is 0. The molecule has 1 heterocycles. The van der Waals surface area contributed by atoms with Crippen molar-refractivity contribution >= 4 is 54.2 Å². The SMILES string of the molecule is CCC(C)C1=C(c2cccc3cc4ccccc4cc23)c2ccccc2[CH]1[Zr+2]1([CH]2C(C(C)CC)=C(c3cccc4cc5ccccc5cc34)c3ccccc32)[CH2][CH2]1.[Cl-].[Cl-]. The molecular formula is C56H50Cl2Zr. The predicted octanol–water partition coefficient (Wildman–Crippen LogP) is 9.82. The van der Waals surface area contributed by atoms with Gasteiger partial charge in [-0.2, -0.15) is 0 Å². The molecule has 4 unspecified atom stereocenters. The Bertz CT molecular complexity index is 2800. The number of rotatable bonds is 8. The Kier molecular flexibility index (Phi) is 10.7. The van der Waals surface area contributed by atoms with Gasteiger partial charge >= 0.3 is 345 Å². The molecule has 8 aromatic rings. The van der Waals surface area contributed by atoms with Crippen molar-refractivity contribution in [3.8, 4) is 0 Å². The van der Waals surface area contributed by atoms with Crippen LogP contribution in [0.4, 0.5) is 0 Å². The van der Waals surface area contributed by atoms with Crippen molar-refractivity contribution in [2.24, 2.45) is 11.8 Å². The van der Waals surface area contributed by atoms with Gasteiger partial charge in [0.1, 0.15) is 0 Å². The third-order valence-electron chi connectivity index (χ3n) is 14.6. The molecule has 0 amide bonds. The molecular weight excluding hydrogens is 835 g/mol. The molecule has 4 atom stereocenters. The zero-order valence-electron chi connectivity index (χ0n) is 34.4. The molecule has 8 aromatic carbocycles. The van der Waals surface area contributed by atoms with Gasteiger partial charge in [-0.05, 0) is 0 Å². The topological polar surface area (TPSA) is 0 Å². The van der Waals surface area contributed by atoms with Crippen LogP contribution in [0.2, 0.25) is 8.26 Å². The molecule has 0 saturated carbocycles. The van der Waals surface area contributed by atoms with E-state index in [4.69, 9.17) is 0 Å². The second-order valence-corrected chi connectivity index (χ2v) is 28.9. The molecule has 0 spiro atoms. The van der Waals surface area contributed by atoms with Crippen molar-refractivity contribution in [3.05, 3.63) is 202 Å². The standard InChI is InChI=1S/2C27H23.C2H4.2ClH.Zr/c2*1-3-18(2)25-17-22-11-6-7-13-23(22)27(25)24-14-8-12-21-15-19-9-4-5-10-20(19)16-26(21)24;1-2;;;/h2*4-18H,3H2,1-2H3;1-2H2;2*1H;/q;;;;;+2/p-2. The van der Waals surface area contributed by atoms with Crippen LogP contribution in [0, 0.1) is 11.8 Å². The average molecular weight is 885 g/mol. The molecule has 0 aromatic heterocycles. The summed E-state index contributed by atoms with van der Waals surface area (Å²) in [6, 6.07) is 61.1. The van der Waals surface area contributed by atoms with Crippen molar-refractivity contribution in [3.63, 3.8) is 0 Å². The first-order valence-corrected chi connectivity index (χ1v) is 27.8. The first-order valence-electron chi connectivity index (χ1n) is 21.5. The molecule has 1 aliphatic heterocycles. The Morgan fingerprint density at radius 3 is 1.15 bits per heavy atom. The van der Waals surface area contributed by atoms with Crippen molar-refractivity contribution in [1.82, 2.24) is 0 Å². The van der Waals surface area contributed by atoms with Crippen LogP contribution >= 0.6 is 0 Å². The molecule has 2 aliphatic carbocycles. The van der Waals surface area contributed by atoms with E-state index in [0.717, 1.165) is 12.8 Å². The zero-order valence-corrected chi connectivity index (χ0v) is 38.4. The van der Waals surface area contributed by atoms with Gasteiger partial charge in [0.2, 0.25) is 0 Å². The van der Waals surface area contributed by atoms with Crippen LogP contribution in [0.3, 0.4) is 0 Å². The number of fused-ring (bicyclic) bond motifs is 6. The smallest absolute Gasteiger partial charge is 1.00 e. The molecule has 59 heavy (non-hydrogen) atoms. The number of hydrogen-bond acceptors (Lipinski definition) is 0. The van der Waals surface area contributed by atoms with Gasteiger partial charge in [0, 0.05) is 0 Å². The Balaban J connectivity index is 0.00000224. The number of benzene rings is 8. The van der Waals surface area contributed by atoms with E-state index in [0.29, 0.717) is 19.1 Å². The maximum atomic E-state index is 2.55. The van der Waals surface area contributed by atoms with Gasteiger partial charge in [0.25, 0.3) is 0 Å². The quantitative estimate of drug-likeness (QED) is 0.134. The zero-order chi connectivity index (χ0) is 38.4. The third kappa shape index (κ3) is 6.17. The van der Waals surface area contributed by atoms with Crippen molar-refractivity contribution < 1.29 is 45.1 Å². The van der Waals surface area contributed by atoms with Gasteiger partial charge in [-0.3, -0.25) is 0 Å². The maximum absolute atomic E-state index is 3.17. The van der Waals surface area contributed by atoms with Crippen LogP contribution in [0.25, 0.3) is 54.2 Å². The van der Waals surface area contributed by atoms with Crippen molar-refractivity contribution in [2.45, 2.75) is 56.0 Å². The molecule has 11 rings (SSSR count). The van der Waals surface area contributed by atoms with Gasteiger partial charge in [0.15, 0.2) is 0 Å². The average Bonchev–Trinajstić information content (AvgIpc) is 3.86. The molecule has 292 valence electrons. The van der Waals surface area contributed by atoms with Gasteiger partial charge in [-0.15, -0.1) is 0 Å². The fourth-order valence-corrected chi connectivity index (χ4v) is 29.5. The summed E-state index contributed by atoms with van der Waals surface area (Å²) in [6.45, 7) is 9.96. The summed E-state index contributed by atoms with van der Waals surface area (Å²) in [5.41, 5.74) is 15.8. The third-order valence-corrected chi connectivity index (χ3v) is 27.4. The van der Waals surface area contributed by atoms with Crippen LogP contribution in [-0.2, 0) is 20.3 Å². The Labute approximate surface area is 366 Å². The Morgan fingerprint density at radius 2 is 0.763 bits per heavy atom. The second-order valence-electron chi connectivity index (χ2n) is 17.5. The number of halogens is 2. The summed E-state index contributed by atoms with van der Waals surface area (Å²) in [7, 11) is 0. The van der Waals surface area contributed by atoms with E-state index >= 15 is 0 Å². The number of hydrogen-bond donors (Lipinski definition) is 0. The second kappa shape index (κ2) is 15.6. The van der Waals surface area contributed by atoms with E-state index in [9.17, 15) is 0 Å². The molecule has 1 saturated heterocycles. The summed E-state index contributed by atoms with van der Waals surface area (Å²) in [6.07, 6.45) is 2.31. The van der Waals surface area contributed by atoms with Gasteiger partial charge in [-0.1, -0.05) is 0 Å². The fourth-order valence-electron chi connectivity index (χ4n) is 11.5. The summed E-state index contributed by atoms with van der Waals surface area (Å²) in [5, 5.41) is 10.7. The first kappa shape index (κ1) is 40.2. The summed E-state index contributed by atoms with van der Waals surface area (Å²) in [5.74, 6) is 1.00. The summed E-state index contributed by atoms with van der Waals surface area (Å²) >= 11 is -3.17. The fraction of sp³-hybridized carbons (Fsp3) is 0.214. The van der Waals surface area contributed by atoms with Crippen molar-refractivity contribution in [2.75, 3.05) is 0 Å². The minimum Gasteiger partial charge on any atom is -1.00 e. The summed E-state index contributed by atoms with van der Waals surface area (Å²) < 4.78 is 4.02. The predicted molar refractivity (Wildman–Crippen MR) is 242 cm³/mol. The van der Waals surface area contributed by atoms with E-state index in [1.54, 1.807) is 33.4 Å². The Hall–Kier alpha value is -4.26. The van der Waals surface area contributed by atoms with Crippen LogP contribution in [0.1, 0.15) is 81.2 Å². The van der Waals surface area contributed by atoms with Crippen molar-refractivity contribution in [1.29, 1.82) is 0 Å². The molecule has 0 bridgehead atoms. The van der Waals surface area contributed by atoms with E-state index < -0.39 is 20.3 Å². The van der Waals surface area contributed by atoms with E-state index in [2.05, 4.69) is 185 Å². The Morgan fingerprint density at radius 1 is 0.424 bits per heavy atom. The van der Waals surface area contributed by atoms with Gasteiger partial charge in [0.05, 0.1) is 0 Å². The largest absolute Gasteiger partial charge is 1.00 e. The van der Waals surface area contributed by atoms with Gasteiger partial charge in [-0.25, -0.2) is 0 Å².